The van der Waals surface area contributed by atoms with Crippen molar-refractivity contribution in [3.63, 3.8) is 0 Å². The third kappa shape index (κ3) is 4.67. The minimum atomic E-state index is -0.192. The first-order valence-corrected chi connectivity index (χ1v) is 8.73. The molecule has 25 heavy (non-hydrogen) atoms. The van der Waals surface area contributed by atoms with Gasteiger partial charge in [-0.3, -0.25) is 4.79 Å². The number of amides is 1. The molecule has 2 N–H and O–H groups in total. The number of nitrogens with one attached hydrogen (secondary N) is 2. The Labute approximate surface area is 155 Å². The maximum Gasteiger partial charge on any atom is 0.259 e. The number of nitrogens with zero attached hydrogens (tertiary/aromatic N) is 1. The summed E-state index contributed by atoms with van der Waals surface area (Å²) >= 11 is 3.43. The Bertz CT molecular complexity index is 937. The molecule has 3 aromatic rings. The lowest BCUT2D eigenvalue weighted by Crippen LogP contribution is -2.26. The molecule has 0 unspecified atom stereocenters. The van der Waals surface area contributed by atoms with E-state index in [1.807, 2.05) is 67.6 Å². The van der Waals surface area contributed by atoms with E-state index >= 15 is 0 Å². The number of benzene rings is 3. The van der Waals surface area contributed by atoms with Gasteiger partial charge < -0.3 is 5.32 Å². The molecule has 0 heterocycles. The molecule has 0 atom stereocenters. The predicted octanol–water partition coefficient (Wildman–Crippen LogP) is 4.55. The molecular weight excluding hydrogens is 378 g/mol. The van der Waals surface area contributed by atoms with Gasteiger partial charge in [-0.05, 0) is 47.5 Å². The Morgan fingerprint density at radius 3 is 2.60 bits per heavy atom. The second-order valence-corrected chi connectivity index (χ2v) is 6.57. The van der Waals surface area contributed by atoms with Gasteiger partial charge in [-0.1, -0.05) is 58.4 Å². The van der Waals surface area contributed by atoms with Gasteiger partial charge in [0.1, 0.15) is 0 Å². The van der Waals surface area contributed by atoms with E-state index in [1.165, 1.54) is 5.39 Å². The first-order chi connectivity index (χ1) is 12.1. The lowest BCUT2D eigenvalue weighted by molar-refractivity contribution is -0.119. The van der Waals surface area contributed by atoms with Gasteiger partial charge in [0.2, 0.25) is 0 Å². The molecule has 0 aliphatic heterocycles. The Hall–Kier alpha value is -2.66. The van der Waals surface area contributed by atoms with Crippen LogP contribution in [0.3, 0.4) is 0 Å². The molecule has 3 aromatic carbocycles. The molecule has 0 aliphatic rings. The normalized spacial score (nSPS) is 11.4. The molecule has 0 aromatic heterocycles. The van der Waals surface area contributed by atoms with Crippen LogP contribution in [-0.4, -0.2) is 18.2 Å². The average Bonchev–Trinajstić information content (AvgIpc) is 2.64. The minimum absolute atomic E-state index is 0.160. The first kappa shape index (κ1) is 17.2. The third-order valence-electron chi connectivity index (χ3n) is 3.79. The predicted molar refractivity (Wildman–Crippen MR) is 107 cm³/mol. The van der Waals surface area contributed by atoms with Crippen molar-refractivity contribution in [1.82, 2.24) is 5.43 Å². The van der Waals surface area contributed by atoms with Crippen molar-refractivity contribution in [1.29, 1.82) is 0 Å². The second-order valence-electron chi connectivity index (χ2n) is 5.66. The van der Waals surface area contributed by atoms with Crippen LogP contribution >= 0.6 is 15.9 Å². The van der Waals surface area contributed by atoms with E-state index in [2.05, 4.69) is 37.8 Å². The molecule has 126 valence electrons. The standard InChI is InChI=1S/C20H18BrN3O/c1-14(16-7-4-8-18(21)11-16)23-24-20(25)13-22-19-10-9-15-5-2-3-6-17(15)12-19/h2-12,22H,13H2,1H3,(H,24,25)/b23-14+. The molecule has 0 aliphatic carbocycles. The number of hydrogen-bond acceptors (Lipinski definition) is 3. The average molecular weight is 396 g/mol. The highest BCUT2D eigenvalue weighted by molar-refractivity contribution is 9.10. The molecular formula is C20H18BrN3O. The van der Waals surface area contributed by atoms with E-state index in [0.717, 1.165) is 26.8 Å². The van der Waals surface area contributed by atoms with Crippen molar-refractivity contribution in [2.45, 2.75) is 6.92 Å². The highest BCUT2D eigenvalue weighted by atomic mass is 79.9. The molecule has 0 saturated carbocycles. The van der Waals surface area contributed by atoms with E-state index in [9.17, 15) is 4.79 Å². The number of carbonyl (C=O) groups excluding carboxylic acids is 1. The fourth-order valence-electron chi connectivity index (χ4n) is 2.45. The minimum Gasteiger partial charge on any atom is -0.376 e. The number of carbonyl (C=O) groups is 1. The van der Waals surface area contributed by atoms with Gasteiger partial charge in [0, 0.05) is 10.2 Å². The van der Waals surface area contributed by atoms with Crippen molar-refractivity contribution in [3.8, 4) is 0 Å². The fraction of sp³-hybridized carbons (Fsp3) is 0.100. The van der Waals surface area contributed by atoms with Gasteiger partial charge in [0.05, 0.1) is 12.3 Å². The summed E-state index contributed by atoms with van der Waals surface area (Å²) in [5.41, 5.74) is 5.19. The van der Waals surface area contributed by atoms with Gasteiger partial charge in [-0.25, -0.2) is 5.43 Å². The zero-order chi connectivity index (χ0) is 17.6. The lowest BCUT2D eigenvalue weighted by atomic mass is 10.1. The van der Waals surface area contributed by atoms with Crippen molar-refractivity contribution in [2.24, 2.45) is 5.10 Å². The summed E-state index contributed by atoms with van der Waals surface area (Å²) in [6.07, 6.45) is 0. The monoisotopic (exact) mass is 395 g/mol. The molecule has 0 fully saturated rings. The van der Waals surface area contributed by atoms with Gasteiger partial charge in [0.25, 0.3) is 5.91 Å². The van der Waals surface area contributed by atoms with E-state index in [1.54, 1.807) is 0 Å². The maximum absolute atomic E-state index is 12.0. The van der Waals surface area contributed by atoms with Gasteiger partial charge in [-0.15, -0.1) is 0 Å². The molecule has 3 rings (SSSR count). The van der Waals surface area contributed by atoms with Crippen LogP contribution in [0.2, 0.25) is 0 Å². The lowest BCUT2D eigenvalue weighted by Gasteiger charge is -2.07. The molecule has 1 amide bonds. The van der Waals surface area contributed by atoms with Crippen LogP contribution in [0.25, 0.3) is 10.8 Å². The summed E-state index contributed by atoms with van der Waals surface area (Å²) in [4.78, 5) is 12.0. The Morgan fingerprint density at radius 1 is 1.00 bits per heavy atom. The molecule has 0 bridgehead atoms. The van der Waals surface area contributed by atoms with Crippen LogP contribution in [0, 0.1) is 0 Å². The summed E-state index contributed by atoms with van der Waals surface area (Å²) in [5, 5.41) is 9.58. The van der Waals surface area contributed by atoms with Gasteiger partial charge in [0.15, 0.2) is 0 Å². The molecule has 5 heteroatoms. The van der Waals surface area contributed by atoms with Crippen LogP contribution in [0.4, 0.5) is 5.69 Å². The summed E-state index contributed by atoms with van der Waals surface area (Å²) in [6.45, 7) is 2.02. The van der Waals surface area contributed by atoms with Gasteiger partial charge in [-0.2, -0.15) is 5.10 Å². The van der Waals surface area contributed by atoms with Crippen molar-refractivity contribution < 1.29 is 4.79 Å². The smallest absolute Gasteiger partial charge is 0.259 e. The summed E-state index contributed by atoms with van der Waals surface area (Å²) in [6, 6.07) is 21.9. The zero-order valence-electron chi connectivity index (χ0n) is 13.8. The third-order valence-corrected chi connectivity index (χ3v) is 4.29. The largest absolute Gasteiger partial charge is 0.376 e. The number of hydrogen-bond donors (Lipinski definition) is 2. The van der Waals surface area contributed by atoms with Crippen LogP contribution < -0.4 is 10.7 Å². The second kappa shape index (κ2) is 7.94. The SMILES string of the molecule is C/C(=N\NC(=O)CNc1ccc2ccccc2c1)c1cccc(Br)c1. The van der Waals surface area contributed by atoms with Crippen molar-refractivity contribution in [3.05, 3.63) is 76.8 Å². The molecule has 0 saturated heterocycles. The van der Waals surface area contributed by atoms with Crippen LogP contribution in [0.5, 0.6) is 0 Å². The van der Waals surface area contributed by atoms with E-state index < -0.39 is 0 Å². The topological polar surface area (TPSA) is 53.5 Å². The zero-order valence-corrected chi connectivity index (χ0v) is 15.4. The summed E-state index contributed by atoms with van der Waals surface area (Å²) < 4.78 is 0.976. The number of anilines is 1. The maximum atomic E-state index is 12.0. The van der Waals surface area contributed by atoms with Crippen LogP contribution in [-0.2, 0) is 4.79 Å². The summed E-state index contributed by atoms with van der Waals surface area (Å²) in [7, 11) is 0. The molecule has 0 radical (unpaired) electrons. The highest BCUT2D eigenvalue weighted by Crippen LogP contribution is 2.18. The van der Waals surface area contributed by atoms with E-state index in [4.69, 9.17) is 0 Å². The highest BCUT2D eigenvalue weighted by Gasteiger charge is 2.03. The summed E-state index contributed by atoms with van der Waals surface area (Å²) in [5.74, 6) is -0.192. The van der Waals surface area contributed by atoms with E-state index in [-0.39, 0.29) is 12.5 Å². The van der Waals surface area contributed by atoms with Crippen LogP contribution in [0.1, 0.15) is 12.5 Å². The first-order valence-electron chi connectivity index (χ1n) is 7.93. The number of fused-ring (bicyclic) bond motifs is 1. The Balaban J connectivity index is 1.57. The Kier molecular flexibility index (Phi) is 5.46. The number of rotatable bonds is 5. The van der Waals surface area contributed by atoms with Gasteiger partial charge >= 0.3 is 0 Å². The number of hydrazone groups is 1. The van der Waals surface area contributed by atoms with E-state index in [0.29, 0.717) is 0 Å². The molecule has 0 spiro atoms. The molecule has 4 nitrogen and oxygen atoms in total. The Morgan fingerprint density at radius 2 is 1.80 bits per heavy atom. The quantitative estimate of drug-likeness (QED) is 0.491. The van der Waals surface area contributed by atoms with Crippen LogP contribution in [0.15, 0.2) is 76.3 Å². The van der Waals surface area contributed by atoms with Crippen molar-refractivity contribution in [2.75, 3.05) is 11.9 Å². The number of halogens is 1. The fourth-order valence-corrected chi connectivity index (χ4v) is 2.84. The van der Waals surface area contributed by atoms with Crippen molar-refractivity contribution >= 4 is 44.0 Å².